The lowest BCUT2D eigenvalue weighted by Gasteiger charge is -2.08. The highest BCUT2D eigenvalue weighted by Crippen LogP contribution is 2.17. The molecule has 1 N–H and O–H groups in total. The van der Waals surface area contributed by atoms with Gasteiger partial charge in [-0.15, -0.1) is 0 Å². The van der Waals surface area contributed by atoms with Crippen molar-refractivity contribution >= 4 is 5.95 Å². The number of imidazole rings is 1. The summed E-state index contributed by atoms with van der Waals surface area (Å²) in [7, 11) is 0. The van der Waals surface area contributed by atoms with E-state index in [1.807, 2.05) is 31.5 Å². The molecule has 0 fully saturated rings. The zero-order valence-corrected chi connectivity index (χ0v) is 13.4. The quantitative estimate of drug-likeness (QED) is 0.745. The van der Waals surface area contributed by atoms with Gasteiger partial charge in [-0.05, 0) is 13.8 Å². The van der Waals surface area contributed by atoms with Crippen LogP contribution in [0.15, 0.2) is 29.3 Å². The number of anilines is 1. The molecule has 0 amide bonds. The van der Waals surface area contributed by atoms with Crippen LogP contribution in [0.25, 0.3) is 11.4 Å². The molecule has 0 bridgehead atoms. The molecule has 0 aliphatic heterocycles. The van der Waals surface area contributed by atoms with E-state index in [9.17, 15) is 0 Å². The highest BCUT2D eigenvalue weighted by molar-refractivity contribution is 5.53. The van der Waals surface area contributed by atoms with Gasteiger partial charge in [0, 0.05) is 37.3 Å². The van der Waals surface area contributed by atoms with Crippen molar-refractivity contribution < 1.29 is 4.52 Å². The number of hydrogen-bond acceptors (Lipinski definition) is 7. The molecule has 0 saturated carbocycles. The predicted molar refractivity (Wildman–Crippen MR) is 84.8 cm³/mol. The monoisotopic (exact) mass is 313 g/mol. The Labute approximate surface area is 134 Å². The van der Waals surface area contributed by atoms with E-state index in [1.165, 1.54) is 0 Å². The number of nitrogens with zero attached hydrogens (tertiary/aromatic N) is 6. The zero-order valence-electron chi connectivity index (χ0n) is 13.4. The Bertz CT molecular complexity index is 760. The summed E-state index contributed by atoms with van der Waals surface area (Å²) in [6.45, 7) is 6.55. The molecular formula is C15H19N7O. The van der Waals surface area contributed by atoms with Crippen LogP contribution >= 0.6 is 0 Å². The lowest BCUT2D eigenvalue weighted by Crippen LogP contribution is -2.12. The first-order valence-electron chi connectivity index (χ1n) is 7.57. The Morgan fingerprint density at radius 2 is 2.00 bits per heavy atom. The van der Waals surface area contributed by atoms with Gasteiger partial charge in [-0.25, -0.2) is 15.0 Å². The number of hydrogen-bond donors (Lipinski definition) is 1. The van der Waals surface area contributed by atoms with E-state index in [0.717, 1.165) is 17.8 Å². The Morgan fingerprint density at radius 3 is 2.65 bits per heavy atom. The second-order valence-corrected chi connectivity index (χ2v) is 5.43. The summed E-state index contributed by atoms with van der Waals surface area (Å²) in [6, 6.07) is 0.286. The summed E-state index contributed by atoms with van der Waals surface area (Å²) in [5.41, 5.74) is 0.837. The minimum atomic E-state index is 0.286. The van der Waals surface area contributed by atoms with Crippen molar-refractivity contribution in [3.63, 3.8) is 0 Å². The largest absolute Gasteiger partial charge is 0.352 e. The van der Waals surface area contributed by atoms with Crippen LogP contribution < -0.4 is 5.32 Å². The molecule has 0 aliphatic rings. The van der Waals surface area contributed by atoms with Crippen LogP contribution in [0.3, 0.4) is 0 Å². The van der Waals surface area contributed by atoms with Gasteiger partial charge in [0.05, 0.1) is 12.1 Å². The van der Waals surface area contributed by atoms with Gasteiger partial charge in [0.15, 0.2) is 5.82 Å². The fourth-order valence-corrected chi connectivity index (χ4v) is 2.12. The average Bonchev–Trinajstić information content (AvgIpc) is 3.17. The molecule has 3 heterocycles. The van der Waals surface area contributed by atoms with Gasteiger partial charge in [0.25, 0.3) is 0 Å². The number of nitrogens with one attached hydrogen (secondary N) is 1. The predicted octanol–water partition coefficient (Wildman–Crippen LogP) is 2.15. The minimum absolute atomic E-state index is 0.286. The fraction of sp³-hybridized carbons (Fsp3) is 0.400. The third kappa shape index (κ3) is 3.53. The minimum Gasteiger partial charge on any atom is -0.352 e. The molecule has 0 atom stereocenters. The second-order valence-electron chi connectivity index (χ2n) is 5.43. The van der Waals surface area contributed by atoms with Crippen molar-refractivity contribution in [3.8, 4) is 11.4 Å². The number of rotatable bonds is 6. The first-order valence-corrected chi connectivity index (χ1v) is 7.57. The standard InChI is InChI=1S/C15H19N7O/c1-4-13-20-12(21-23-13)9-22-6-5-16-14(22)11-7-17-15(18-8-11)19-10(2)3/h5-8,10H,4,9H2,1-3H3,(H,17,18,19). The summed E-state index contributed by atoms with van der Waals surface area (Å²) < 4.78 is 7.08. The third-order valence-corrected chi connectivity index (χ3v) is 3.17. The summed E-state index contributed by atoms with van der Waals surface area (Å²) >= 11 is 0. The molecule has 8 nitrogen and oxygen atoms in total. The SMILES string of the molecule is CCc1nc(Cn2ccnc2-c2cnc(NC(C)C)nc2)no1. The Hall–Kier alpha value is -2.77. The Morgan fingerprint density at radius 1 is 1.22 bits per heavy atom. The van der Waals surface area contributed by atoms with E-state index in [-0.39, 0.29) is 6.04 Å². The summed E-state index contributed by atoms with van der Waals surface area (Å²) in [6.07, 6.45) is 7.84. The first kappa shape index (κ1) is 15.1. The summed E-state index contributed by atoms with van der Waals surface area (Å²) in [5, 5.41) is 7.13. The van der Waals surface area contributed by atoms with E-state index in [0.29, 0.717) is 24.2 Å². The second kappa shape index (κ2) is 6.55. The maximum atomic E-state index is 5.13. The molecule has 0 aliphatic carbocycles. The topological polar surface area (TPSA) is 94.6 Å². The lowest BCUT2D eigenvalue weighted by molar-refractivity contribution is 0.375. The van der Waals surface area contributed by atoms with Gasteiger partial charge < -0.3 is 14.4 Å². The van der Waals surface area contributed by atoms with Gasteiger partial charge in [-0.2, -0.15) is 4.98 Å². The Balaban J connectivity index is 1.80. The van der Waals surface area contributed by atoms with Crippen LogP contribution in [-0.4, -0.2) is 35.7 Å². The van der Waals surface area contributed by atoms with E-state index < -0.39 is 0 Å². The van der Waals surface area contributed by atoms with Crippen molar-refractivity contribution in [1.82, 2.24) is 29.7 Å². The molecule has 0 spiro atoms. The zero-order chi connectivity index (χ0) is 16.2. The normalized spacial score (nSPS) is 11.1. The highest BCUT2D eigenvalue weighted by Gasteiger charge is 2.11. The van der Waals surface area contributed by atoms with Crippen LogP contribution in [0.4, 0.5) is 5.95 Å². The van der Waals surface area contributed by atoms with Crippen LogP contribution in [-0.2, 0) is 13.0 Å². The molecule has 0 radical (unpaired) electrons. The van der Waals surface area contributed by atoms with Crippen molar-refractivity contribution in [2.75, 3.05) is 5.32 Å². The summed E-state index contributed by atoms with van der Waals surface area (Å²) in [4.78, 5) is 17.3. The molecule has 0 unspecified atom stereocenters. The molecule has 3 rings (SSSR count). The molecule has 3 aromatic rings. The smallest absolute Gasteiger partial charge is 0.226 e. The van der Waals surface area contributed by atoms with Gasteiger partial charge in [0.1, 0.15) is 5.82 Å². The van der Waals surface area contributed by atoms with Crippen molar-refractivity contribution in [1.29, 1.82) is 0 Å². The van der Waals surface area contributed by atoms with Gasteiger partial charge in [0.2, 0.25) is 11.8 Å². The van der Waals surface area contributed by atoms with Crippen molar-refractivity contribution in [3.05, 3.63) is 36.5 Å². The van der Waals surface area contributed by atoms with Crippen LogP contribution in [0.5, 0.6) is 0 Å². The van der Waals surface area contributed by atoms with E-state index >= 15 is 0 Å². The van der Waals surface area contributed by atoms with E-state index in [1.54, 1.807) is 18.6 Å². The fourth-order valence-electron chi connectivity index (χ4n) is 2.12. The van der Waals surface area contributed by atoms with Crippen LogP contribution in [0.2, 0.25) is 0 Å². The van der Waals surface area contributed by atoms with E-state index in [2.05, 4.69) is 30.4 Å². The van der Waals surface area contributed by atoms with Crippen LogP contribution in [0, 0.1) is 0 Å². The molecule has 0 aromatic carbocycles. The molecule has 0 saturated heterocycles. The Kier molecular flexibility index (Phi) is 4.31. The average molecular weight is 313 g/mol. The van der Waals surface area contributed by atoms with Gasteiger partial charge in [-0.1, -0.05) is 12.1 Å². The van der Waals surface area contributed by atoms with Crippen molar-refractivity contribution in [2.24, 2.45) is 0 Å². The molecule has 3 aromatic heterocycles. The number of aromatic nitrogens is 6. The van der Waals surface area contributed by atoms with Crippen molar-refractivity contribution in [2.45, 2.75) is 39.8 Å². The van der Waals surface area contributed by atoms with Gasteiger partial charge >= 0.3 is 0 Å². The third-order valence-electron chi connectivity index (χ3n) is 3.17. The lowest BCUT2D eigenvalue weighted by atomic mass is 10.3. The van der Waals surface area contributed by atoms with E-state index in [4.69, 9.17) is 4.52 Å². The molecule has 23 heavy (non-hydrogen) atoms. The highest BCUT2D eigenvalue weighted by atomic mass is 16.5. The summed E-state index contributed by atoms with van der Waals surface area (Å²) in [5.74, 6) is 2.63. The first-order chi connectivity index (χ1) is 11.2. The number of aryl methyl sites for hydroxylation is 1. The molecule has 8 heteroatoms. The van der Waals surface area contributed by atoms with Crippen LogP contribution in [0.1, 0.15) is 32.5 Å². The maximum Gasteiger partial charge on any atom is 0.226 e. The maximum absolute atomic E-state index is 5.13. The van der Waals surface area contributed by atoms with Gasteiger partial charge in [-0.3, -0.25) is 0 Å². The molecular weight excluding hydrogens is 294 g/mol. The molecule has 120 valence electrons.